The van der Waals surface area contributed by atoms with Crippen LogP contribution < -0.4 is 0 Å². The highest BCUT2D eigenvalue weighted by atomic mass is 15.1. The number of nitrogens with zero attached hydrogens (tertiary/aromatic N) is 3. The van der Waals surface area contributed by atoms with Crippen molar-refractivity contribution < 1.29 is 0 Å². The van der Waals surface area contributed by atoms with E-state index in [1.165, 1.54) is 54.2 Å². The predicted molar refractivity (Wildman–Crippen MR) is 184 cm³/mol. The quantitative estimate of drug-likeness (QED) is 0.210. The lowest BCUT2D eigenvalue weighted by atomic mass is 9.81. The molecule has 3 heteroatoms. The van der Waals surface area contributed by atoms with Crippen molar-refractivity contribution in [1.29, 1.82) is 0 Å². The summed E-state index contributed by atoms with van der Waals surface area (Å²) in [6.45, 7) is 4.75. The van der Waals surface area contributed by atoms with Gasteiger partial charge in [0.2, 0.25) is 0 Å². The van der Waals surface area contributed by atoms with Gasteiger partial charge in [0.25, 0.3) is 0 Å². The number of fused-ring (bicyclic) bond motifs is 4. The van der Waals surface area contributed by atoms with Crippen molar-refractivity contribution in [3.05, 3.63) is 139 Å². The minimum absolute atomic E-state index is 0.116. The summed E-state index contributed by atoms with van der Waals surface area (Å²) in [4.78, 5) is 10.6. The van der Waals surface area contributed by atoms with Gasteiger partial charge in [-0.15, -0.1) is 0 Å². The van der Waals surface area contributed by atoms with E-state index in [-0.39, 0.29) is 5.41 Å². The van der Waals surface area contributed by atoms with Crippen LogP contribution in [-0.2, 0) is 5.41 Å². The van der Waals surface area contributed by atoms with Crippen LogP contribution in [0.15, 0.2) is 127 Å². The van der Waals surface area contributed by atoms with Gasteiger partial charge in [0.1, 0.15) is 5.69 Å². The number of rotatable bonds is 2. The van der Waals surface area contributed by atoms with Gasteiger partial charge in [0, 0.05) is 21.8 Å². The molecule has 9 aromatic rings. The van der Waals surface area contributed by atoms with Gasteiger partial charge in [-0.05, 0) is 67.7 Å². The second kappa shape index (κ2) is 8.30. The number of hydrogen-bond acceptors (Lipinski definition) is 2. The highest BCUT2D eigenvalue weighted by Crippen LogP contribution is 2.53. The van der Waals surface area contributed by atoms with E-state index in [0.717, 1.165) is 39.1 Å². The molecule has 0 bridgehead atoms. The maximum atomic E-state index is 5.37. The lowest BCUT2D eigenvalue weighted by Crippen LogP contribution is -2.15. The average molecular weight is 562 g/mol. The summed E-state index contributed by atoms with van der Waals surface area (Å²) in [6.07, 6.45) is 0. The van der Waals surface area contributed by atoms with Crippen molar-refractivity contribution in [3.8, 4) is 17.1 Å². The van der Waals surface area contributed by atoms with E-state index in [4.69, 9.17) is 9.97 Å². The number of benzene rings is 6. The molecule has 2 heterocycles. The molecule has 10 rings (SSSR count). The van der Waals surface area contributed by atoms with Crippen LogP contribution in [-0.4, -0.2) is 14.5 Å². The first-order chi connectivity index (χ1) is 21.6. The van der Waals surface area contributed by atoms with E-state index in [2.05, 4.69) is 134 Å². The minimum atomic E-state index is -0.116. The van der Waals surface area contributed by atoms with Gasteiger partial charge >= 0.3 is 0 Å². The maximum absolute atomic E-state index is 5.37. The van der Waals surface area contributed by atoms with Crippen LogP contribution in [0.1, 0.15) is 25.0 Å². The fourth-order valence-electron chi connectivity index (χ4n) is 7.98. The molecule has 2 aromatic heterocycles. The molecule has 0 spiro atoms. The van der Waals surface area contributed by atoms with Crippen molar-refractivity contribution in [1.82, 2.24) is 14.5 Å². The predicted octanol–water partition coefficient (Wildman–Crippen LogP) is 10.5. The Labute approximate surface area is 254 Å². The van der Waals surface area contributed by atoms with Crippen molar-refractivity contribution in [2.24, 2.45) is 0 Å². The third kappa shape index (κ3) is 2.91. The normalized spacial score (nSPS) is 13.9. The molecule has 206 valence electrons. The van der Waals surface area contributed by atoms with Gasteiger partial charge in [-0.2, -0.15) is 0 Å². The molecule has 44 heavy (non-hydrogen) atoms. The van der Waals surface area contributed by atoms with Crippen molar-refractivity contribution >= 4 is 65.2 Å². The molecule has 3 nitrogen and oxygen atoms in total. The lowest BCUT2D eigenvalue weighted by molar-refractivity contribution is 0.663. The molecule has 0 radical (unpaired) electrons. The average Bonchev–Trinajstić information content (AvgIpc) is 3.53. The molecule has 0 saturated carbocycles. The van der Waals surface area contributed by atoms with Crippen LogP contribution in [0.25, 0.3) is 82.2 Å². The van der Waals surface area contributed by atoms with Gasteiger partial charge in [-0.25, -0.2) is 9.97 Å². The van der Waals surface area contributed by atoms with Crippen molar-refractivity contribution in [3.63, 3.8) is 0 Å². The highest BCUT2D eigenvalue weighted by Gasteiger charge is 2.35. The summed E-state index contributed by atoms with van der Waals surface area (Å²) in [5, 5.41) is 10.4. The van der Waals surface area contributed by atoms with Gasteiger partial charge < -0.3 is 0 Å². The standard InChI is InChI=1S/C41H27N3/c1-41(2)29-18-10-16-27-25-14-6-7-15-26(25)28-17-11-21-33-36(28)38-34(23-22-30(41)37(38)35(27)29)44(33)40-39(24-12-4-3-5-13-24)42-31-19-8-9-20-32(31)43-40/h3-23H,1-2H3. The molecule has 0 amide bonds. The summed E-state index contributed by atoms with van der Waals surface area (Å²) in [7, 11) is 0. The Balaban J connectivity index is 1.52. The summed E-state index contributed by atoms with van der Waals surface area (Å²) in [5.41, 5.74) is 8.68. The zero-order chi connectivity index (χ0) is 29.2. The largest absolute Gasteiger partial charge is 0.292 e. The molecule has 0 N–H and O–H groups in total. The zero-order valence-corrected chi connectivity index (χ0v) is 24.5. The second-order valence-electron chi connectivity index (χ2n) is 12.6. The van der Waals surface area contributed by atoms with Gasteiger partial charge in [-0.1, -0.05) is 117 Å². The van der Waals surface area contributed by atoms with E-state index < -0.39 is 0 Å². The Kier molecular flexibility index (Phi) is 4.52. The fraction of sp³-hybridized carbons (Fsp3) is 0.0732. The molecule has 0 unspecified atom stereocenters. The molecule has 0 saturated heterocycles. The van der Waals surface area contributed by atoms with Crippen LogP contribution in [0.2, 0.25) is 0 Å². The van der Waals surface area contributed by atoms with E-state index in [9.17, 15) is 0 Å². The Hall–Kier alpha value is -5.54. The Morgan fingerprint density at radius 1 is 0.455 bits per heavy atom. The molecular formula is C41H27N3. The van der Waals surface area contributed by atoms with Gasteiger partial charge in [0.15, 0.2) is 5.82 Å². The van der Waals surface area contributed by atoms with Crippen LogP contribution in [0.3, 0.4) is 0 Å². The number of hydrogen-bond donors (Lipinski definition) is 0. The first-order valence-corrected chi connectivity index (χ1v) is 15.3. The van der Waals surface area contributed by atoms with Gasteiger partial charge in [0.05, 0.1) is 22.1 Å². The molecule has 1 aliphatic carbocycles. The minimum Gasteiger partial charge on any atom is -0.292 e. The van der Waals surface area contributed by atoms with Crippen LogP contribution in [0.5, 0.6) is 0 Å². The van der Waals surface area contributed by atoms with E-state index in [1.807, 2.05) is 12.1 Å². The third-order valence-corrected chi connectivity index (χ3v) is 9.94. The van der Waals surface area contributed by atoms with Gasteiger partial charge in [-0.3, -0.25) is 4.57 Å². The molecule has 0 atom stereocenters. The van der Waals surface area contributed by atoms with E-state index >= 15 is 0 Å². The van der Waals surface area contributed by atoms with Crippen LogP contribution >= 0.6 is 0 Å². The fourth-order valence-corrected chi connectivity index (χ4v) is 7.98. The first kappa shape index (κ1) is 24.0. The Bertz CT molecular complexity index is 2680. The summed E-state index contributed by atoms with van der Waals surface area (Å²) in [6, 6.07) is 45.9. The Morgan fingerprint density at radius 2 is 1.05 bits per heavy atom. The summed E-state index contributed by atoms with van der Waals surface area (Å²) in [5.74, 6) is 0.852. The number of aromatic nitrogens is 3. The second-order valence-corrected chi connectivity index (χ2v) is 12.6. The molecule has 0 fully saturated rings. The molecule has 0 aliphatic heterocycles. The Morgan fingerprint density at radius 3 is 1.82 bits per heavy atom. The summed E-state index contributed by atoms with van der Waals surface area (Å²) < 4.78 is 2.37. The van der Waals surface area contributed by atoms with Crippen molar-refractivity contribution in [2.45, 2.75) is 19.3 Å². The zero-order valence-electron chi connectivity index (χ0n) is 24.5. The third-order valence-electron chi connectivity index (χ3n) is 9.94. The smallest absolute Gasteiger partial charge is 0.165 e. The SMILES string of the molecule is CC1(C)c2cccc3c4ccccc4c4cccc5c4c4c(c1ccc4n5-c1nc4ccccc4nc1-c1ccccc1)c23. The highest BCUT2D eigenvalue weighted by molar-refractivity contribution is 6.35. The van der Waals surface area contributed by atoms with Crippen molar-refractivity contribution in [2.75, 3.05) is 0 Å². The lowest BCUT2D eigenvalue weighted by Gasteiger charge is -2.22. The monoisotopic (exact) mass is 561 g/mol. The van der Waals surface area contributed by atoms with E-state index in [1.54, 1.807) is 0 Å². The van der Waals surface area contributed by atoms with Crippen LogP contribution in [0, 0.1) is 0 Å². The maximum Gasteiger partial charge on any atom is 0.165 e. The van der Waals surface area contributed by atoms with Crippen LogP contribution in [0.4, 0.5) is 0 Å². The molecule has 1 aliphatic rings. The first-order valence-electron chi connectivity index (χ1n) is 15.3. The topological polar surface area (TPSA) is 30.7 Å². The molecule has 7 aromatic carbocycles. The molecular weight excluding hydrogens is 534 g/mol. The summed E-state index contributed by atoms with van der Waals surface area (Å²) >= 11 is 0. The van der Waals surface area contributed by atoms with E-state index in [0.29, 0.717) is 0 Å². The number of para-hydroxylation sites is 2.